The standard InChI is InChI=1S/C33H33N3O5S/c37-32-14-12-25-11-13-27(23-30(25)36(32)24-40-33(38)41-26-7-2-1-3-8-26)39-21-5-4-16-34-17-19-35(20-18-34)29-9-6-10-31-28(29)15-22-42-31/h1-3,6-15,22-23H,4-5,16-21,24H2/p+1. The highest BCUT2D eigenvalue weighted by molar-refractivity contribution is 7.17. The number of rotatable bonds is 10. The molecule has 42 heavy (non-hydrogen) atoms. The van der Waals surface area contributed by atoms with Gasteiger partial charge in [0.1, 0.15) is 11.5 Å². The van der Waals surface area contributed by atoms with Crippen LogP contribution in [0.2, 0.25) is 0 Å². The minimum atomic E-state index is -0.874. The van der Waals surface area contributed by atoms with Crippen LogP contribution < -0.4 is 24.8 Å². The average Bonchev–Trinajstić information content (AvgIpc) is 3.51. The normalized spacial score (nSPS) is 13.9. The van der Waals surface area contributed by atoms with Crippen molar-refractivity contribution < 1.29 is 23.9 Å². The molecule has 216 valence electrons. The first-order chi connectivity index (χ1) is 20.6. The fraction of sp³-hybridized carbons (Fsp3) is 0.273. The third-order valence-corrected chi connectivity index (χ3v) is 8.58. The number of fused-ring (bicyclic) bond motifs is 2. The highest BCUT2D eigenvalue weighted by Crippen LogP contribution is 2.30. The molecule has 0 spiro atoms. The van der Waals surface area contributed by atoms with Gasteiger partial charge in [-0.15, -0.1) is 11.3 Å². The topological polar surface area (TPSA) is 74.4 Å². The second-order valence-electron chi connectivity index (χ2n) is 10.4. The molecule has 3 heterocycles. The van der Waals surface area contributed by atoms with E-state index < -0.39 is 6.16 Å². The fourth-order valence-electron chi connectivity index (χ4n) is 5.46. The fourth-order valence-corrected chi connectivity index (χ4v) is 6.26. The Labute approximate surface area is 248 Å². The molecule has 0 atom stereocenters. The third kappa shape index (κ3) is 6.58. The van der Waals surface area contributed by atoms with Gasteiger partial charge in [-0.3, -0.25) is 9.36 Å². The van der Waals surface area contributed by atoms with E-state index in [1.807, 2.05) is 24.3 Å². The Hall–Kier alpha value is -4.34. The molecule has 8 nitrogen and oxygen atoms in total. The Kier molecular flexibility index (Phi) is 8.67. The number of nitrogens with zero attached hydrogens (tertiary/aromatic N) is 2. The number of hydrogen-bond acceptors (Lipinski definition) is 7. The summed E-state index contributed by atoms with van der Waals surface area (Å²) in [5, 5.41) is 4.39. The van der Waals surface area contributed by atoms with E-state index in [2.05, 4.69) is 34.5 Å². The van der Waals surface area contributed by atoms with E-state index in [9.17, 15) is 9.59 Å². The predicted octanol–water partition coefficient (Wildman–Crippen LogP) is 4.95. The zero-order chi connectivity index (χ0) is 28.7. The number of pyridine rings is 1. The van der Waals surface area contributed by atoms with E-state index >= 15 is 0 Å². The number of carbonyl (C=O) groups is 1. The molecule has 6 rings (SSSR count). The first kappa shape index (κ1) is 27.8. The van der Waals surface area contributed by atoms with Crippen molar-refractivity contribution in [3.63, 3.8) is 0 Å². The zero-order valence-corrected chi connectivity index (χ0v) is 24.2. The van der Waals surface area contributed by atoms with Crippen LogP contribution in [0.5, 0.6) is 11.5 Å². The maximum atomic E-state index is 12.6. The summed E-state index contributed by atoms with van der Waals surface area (Å²) >= 11 is 1.80. The quantitative estimate of drug-likeness (QED) is 0.142. The van der Waals surface area contributed by atoms with Crippen LogP contribution in [0.15, 0.2) is 95.1 Å². The molecule has 0 radical (unpaired) electrons. The molecule has 0 amide bonds. The van der Waals surface area contributed by atoms with Gasteiger partial charge in [0.05, 0.1) is 44.8 Å². The van der Waals surface area contributed by atoms with Crippen LogP contribution in [0.1, 0.15) is 12.8 Å². The van der Waals surface area contributed by atoms with Crippen LogP contribution in [0, 0.1) is 0 Å². The molecule has 1 fully saturated rings. The lowest BCUT2D eigenvalue weighted by atomic mass is 10.2. The predicted molar refractivity (Wildman–Crippen MR) is 166 cm³/mol. The monoisotopic (exact) mass is 584 g/mol. The van der Waals surface area contributed by atoms with Gasteiger partial charge in [-0.05, 0) is 72.1 Å². The number of unbranched alkanes of at least 4 members (excludes halogenated alkanes) is 1. The lowest BCUT2D eigenvalue weighted by Gasteiger charge is -2.34. The number of aromatic nitrogens is 1. The number of piperazine rings is 1. The average molecular weight is 585 g/mol. The molecule has 5 aromatic rings. The Morgan fingerprint density at radius 1 is 0.881 bits per heavy atom. The number of thiophene rings is 1. The molecule has 0 aliphatic carbocycles. The van der Waals surface area contributed by atoms with E-state index in [1.165, 1.54) is 26.4 Å². The minimum Gasteiger partial charge on any atom is -0.494 e. The number of ether oxygens (including phenoxy) is 3. The lowest BCUT2D eigenvalue weighted by Crippen LogP contribution is -3.14. The smallest absolute Gasteiger partial charge is 0.494 e. The first-order valence-corrected chi connectivity index (χ1v) is 15.2. The molecule has 1 aliphatic rings. The van der Waals surface area contributed by atoms with Crippen LogP contribution in [-0.4, -0.2) is 50.1 Å². The number of benzene rings is 3. The van der Waals surface area contributed by atoms with E-state index in [1.54, 1.807) is 46.6 Å². The first-order valence-electron chi connectivity index (χ1n) is 14.3. The summed E-state index contributed by atoms with van der Waals surface area (Å²) < 4.78 is 19.2. The number of carbonyl (C=O) groups excluding carboxylic acids is 1. The second-order valence-corrected chi connectivity index (χ2v) is 11.4. The molecule has 1 aliphatic heterocycles. The van der Waals surface area contributed by atoms with Crippen molar-refractivity contribution in [1.29, 1.82) is 0 Å². The van der Waals surface area contributed by atoms with Crippen molar-refractivity contribution in [3.05, 3.63) is 101 Å². The van der Waals surface area contributed by atoms with E-state index in [-0.39, 0.29) is 12.3 Å². The lowest BCUT2D eigenvalue weighted by molar-refractivity contribution is -0.900. The summed E-state index contributed by atoms with van der Waals surface area (Å²) in [5.41, 5.74) is 1.72. The van der Waals surface area contributed by atoms with Gasteiger partial charge >= 0.3 is 6.16 Å². The van der Waals surface area contributed by atoms with Gasteiger partial charge in [0, 0.05) is 27.9 Å². The van der Waals surface area contributed by atoms with Gasteiger partial charge in [-0.25, -0.2) is 4.79 Å². The molecule has 3 aromatic carbocycles. The van der Waals surface area contributed by atoms with Crippen molar-refractivity contribution in [2.24, 2.45) is 0 Å². The summed E-state index contributed by atoms with van der Waals surface area (Å²) in [6, 6.07) is 26.3. The molecule has 0 saturated carbocycles. The number of hydrogen-bond donors (Lipinski definition) is 1. The highest BCUT2D eigenvalue weighted by Gasteiger charge is 2.21. The molecular formula is C33H34N3O5S+. The summed E-state index contributed by atoms with van der Waals surface area (Å²) in [4.78, 5) is 28.9. The van der Waals surface area contributed by atoms with Gasteiger partial charge in [0.25, 0.3) is 5.56 Å². The summed E-state index contributed by atoms with van der Waals surface area (Å²) in [6.45, 7) is 5.91. The van der Waals surface area contributed by atoms with Crippen molar-refractivity contribution in [1.82, 2.24) is 4.57 Å². The zero-order valence-electron chi connectivity index (χ0n) is 23.4. The molecule has 2 aromatic heterocycles. The summed E-state index contributed by atoms with van der Waals surface area (Å²) in [5.74, 6) is 1.05. The number of anilines is 1. The van der Waals surface area contributed by atoms with Gasteiger partial charge in [0.15, 0.2) is 6.73 Å². The summed E-state index contributed by atoms with van der Waals surface area (Å²) in [6.07, 6.45) is 1.17. The van der Waals surface area contributed by atoms with Gasteiger partial charge in [-0.2, -0.15) is 0 Å². The molecular weight excluding hydrogens is 550 g/mol. The van der Waals surface area contributed by atoms with Crippen LogP contribution in [0.3, 0.4) is 0 Å². The molecule has 0 bridgehead atoms. The maximum absolute atomic E-state index is 12.6. The highest BCUT2D eigenvalue weighted by atomic mass is 32.1. The largest absolute Gasteiger partial charge is 0.515 e. The van der Waals surface area contributed by atoms with Crippen molar-refractivity contribution in [2.75, 3.05) is 44.2 Å². The van der Waals surface area contributed by atoms with Gasteiger partial charge in [-0.1, -0.05) is 24.3 Å². The Morgan fingerprint density at radius 2 is 1.71 bits per heavy atom. The van der Waals surface area contributed by atoms with Gasteiger partial charge in [0.2, 0.25) is 0 Å². The van der Waals surface area contributed by atoms with E-state index in [0.29, 0.717) is 23.6 Å². The minimum absolute atomic E-state index is 0.260. The van der Waals surface area contributed by atoms with Crippen LogP contribution in [0.25, 0.3) is 21.0 Å². The Balaban J connectivity index is 0.969. The molecule has 1 N–H and O–H groups in total. The number of quaternary nitrogens is 1. The van der Waals surface area contributed by atoms with E-state index in [0.717, 1.165) is 51.0 Å². The van der Waals surface area contributed by atoms with Gasteiger partial charge < -0.3 is 24.0 Å². The Bertz CT molecular complexity index is 1710. The van der Waals surface area contributed by atoms with Crippen molar-refractivity contribution >= 4 is 44.2 Å². The SMILES string of the molecule is O=C(OCn1c(=O)ccc2ccc(OCCCC[NH+]3CCN(c4cccc5sccc45)CC3)cc21)Oc1ccccc1. The van der Waals surface area contributed by atoms with Crippen LogP contribution in [-0.2, 0) is 11.5 Å². The molecule has 0 unspecified atom stereocenters. The van der Waals surface area contributed by atoms with Crippen LogP contribution >= 0.6 is 11.3 Å². The number of nitrogens with one attached hydrogen (secondary N) is 1. The van der Waals surface area contributed by atoms with Crippen molar-refractivity contribution in [2.45, 2.75) is 19.6 Å². The third-order valence-electron chi connectivity index (χ3n) is 7.70. The molecule has 9 heteroatoms. The van der Waals surface area contributed by atoms with Crippen molar-refractivity contribution in [3.8, 4) is 11.5 Å². The second kappa shape index (κ2) is 13.1. The van der Waals surface area contributed by atoms with E-state index in [4.69, 9.17) is 14.2 Å². The Morgan fingerprint density at radius 3 is 2.57 bits per heavy atom. The molecule has 1 saturated heterocycles. The maximum Gasteiger partial charge on any atom is 0.515 e. The number of para-hydroxylation sites is 1. The van der Waals surface area contributed by atoms with Crippen LogP contribution in [0.4, 0.5) is 10.5 Å². The summed E-state index contributed by atoms with van der Waals surface area (Å²) in [7, 11) is 0.